The average molecular weight is 288 g/mol. The molecule has 0 aliphatic rings. The molecular formula is C15H16N2O2S. The summed E-state index contributed by atoms with van der Waals surface area (Å²) in [5.41, 5.74) is 7.67. The topological polar surface area (TPSA) is 65.2 Å². The van der Waals surface area contributed by atoms with Gasteiger partial charge >= 0.3 is 5.97 Å². The van der Waals surface area contributed by atoms with E-state index in [1.54, 1.807) is 24.8 Å². The van der Waals surface area contributed by atoms with Crippen LogP contribution in [0.5, 0.6) is 0 Å². The molecule has 0 spiro atoms. The molecule has 5 heteroatoms. The maximum Gasteiger partial charge on any atom is 0.340 e. The molecule has 1 aromatic carbocycles. The largest absolute Gasteiger partial charge is 0.462 e. The van der Waals surface area contributed by atoms with Crippen LogP contribution in [0.4, 0.5) is 5.69 Å². The molecule has 1 aromatic heterocycles. The van der Waals surface area contributed by atoms with Gasteiger partial charge in [0, 0.05) is 5.75 Å². The van der Waals surface area contributed by atoms with E-state index >= 15 is 0 Å². The van der Waals surface area contributed by atoms with Gasteiger partial charge in [0.05, 0.1) is 29.1 Å². The van der Waals surface area contributed by atoms with Crippen molar-refractivity contribution in [2.24, 2.45) is 0 Å². The Balaban J connectivity index is 2.09. The lowest BCUT2D eigenvalue weighted by molar-refractivity contribution is 0.0527. The van der Waals surface area contributed by atoms with Crippen molar-refractivity contribution in [1.29, 1.82) is 0 Å². The van der Waals surface area contributed by atoms with Crippen LogP contribution in [0.3, 0.4) is 0 Å². The number of esters is 1. The summed E-state index contributed by atoms with van der Waals surface area (Å²) < 4.78 is 4.97. The lowest BCUT2D eigenvalue weighted by atomic mass is 10.2. The molecule has 4 nitrogen and oxygen atoms in total. The Kier molecular flexibility index (Phi) is 5.01. The normalized spacial score (nSPS) is 10.2. The van der Waals surface area contributed by atoms with E-state index < -0.39 is 5.97 Å². The predicted octanol–water partition coefficient (Wildman–Crippen LogP) is 3.13. The number of hydrogen-bond acceptors (Lipinski definition) is 5. The number of benzene rings is 1. The Labute approximate surface area is 122 Å². The maximum absolute atomic E-state index is 11.8. The summed E-state index contributed by atoms with van der Waals surface area (Å²) in [6.07, 6.45) is 1.50. The zero-order chi connectivity index (χ0) is 14.4. The van der Waals surface area contributed by atoms with Crippen molar-refractivity contribution in [3.63, 3.8) is 0 Å². The third-order valence-electron chi connectivity index (χ3n) is 2.63. The van der Waals surface area contributed by atoms with E-state index in [4.69, 9.17) is 10.5 Å². The molecule has 0 aliphatic carbocycles. The van der Waals surface area contributed by atoms with Crippen LogP contribution in [0.15, 0.2) is 47.6 Å². The lowest BCUT2D eigenvalue weighted by Gasteiger charge is -2.07. The first-order chi connectivity index (χ1) is 9.70. The number of rotatable bonds is 5. The second-order valence-electron chi connectivity index (χ2n) is 4.10. The summed E-state index contributed by atoms with van der Waals surface area (Å²) in [7, 11) is 0. The summed E-state index contributed by atoms with van der Waals surface area (Å²) in [5.74, 6) is 0.383. The molecular weight excluding hydrogens is 272 g/mol. The van der Waals surface area contributed by atoms with E-state index in [9.17, 15) is 4.79 Å². The second kappa shape index (κ2) is 6.96. The summed E-state index contributed by atoms with van der Waals surface area (Å²) >= 11 is 1.56. The molecule has 2 aromatic rings. The number of carbonyl (C=O) groups is 1. The fourth-order valence-corrected chi connectivity index (χ4v) is 2.48. The molecule has 0 fully saturated rings. The summed E-state index contributed by atoms with van der Waals surface area (Å²) in [4.78, 5) is 16.0. The van der Waals surface area contributed by atoms with Crippen LogP contribution in [0.25, 0.3) is 0 Å². The Hall–Kier alpha value is -2.01. The number of carbonyl (C=O) groups excluding carboxylic acids is 1. The second-order valence-corrected chi connectivity index (χ2v) is 5.10. The molecule has 0 bridgehead atoms. The van der Waals surface area contributed by atoms with Gasteiger partial charge in [0.25, 0.3) is 0 Å². The van der Waals surface area contributed by atoms with Gasteiger partial charge in [0.1, 0.15) is 0 Å². The van der Waals surface area contributed by atoms with Crippen LogP contribution >= 0.6 is 11.8 Å². The minimum Gasteiger partial charge on any atom is -0.462 e. The predicted molar refractivity (Wildman–Crippen MR) is 80.6 cm³/mol. The van der Waals surface area contributed by atoms with Gasteiger partial charge in [-0.3, -0.25) is 0 Å². The SMILES string of the molecule is CCOC(=O)c1cc(SCc2ccccc2)ncc1N. The monoisotopic (exact) mass is 288 g/mol. The number of thioether (sulfide) groups is 1. The zero-order valence-electron chi connectivity index (χ0n) is 11.2. The number of nitrogens with two attached hydrogens (primary N) is 1. The quantitative estimate of drug-likeness (QED) is 0.676. The van der Waals surface area contributed by atoms with E-state index in [1.165, 1.54) is 11.8 Å². The number of anilines is 1. The average Bonchev–Trinajstić information content (AvgIpc) is 2.47. The summed E-state index contributed by atoms with van der Waals surface area (Å²) in [6.45, 7) is 2.09. The number of nitrogen functional groups attached to an aromatic ring is 1. The highest BCUT2D eigenvalue weighted by atomic mass is 32.2. The highest BCUT2D eigenvalue weighted by Crippen LogP contribution is 2.24. The highest BCUT2D eigenvalue weighted by Gasteiger charge is 2.12. The van der Waals surface area contributed by atoms with Crippen LogP contribution in [-0.2, 0) is 10.5 Å². The van der Waals surface area contributed by atoms with E-state index in [-0.39, 0.29) is 0 Å². The van der Waals surface area contributed by atoms with Gasteiger partial charge in [-0.05, 0) is 18.6 Å². The molecule has 104 valence electrons. The maximum atomic E-state index is 11.8. The Morgan fingerprint density at radius 1 is 1.35 bits per heavy atom. The number of hydrogen-bond donors (Lipinski definition) is 1. The van der Waals surface area contributed by atoms with Crippen molar-refractivity contribution in [3.05, 3.63) is 53.7 Å². The summed E-state index contributed by atoms with van der Waals surface area (Å²) in [6, 6.07) is 11.8. The summed E-state index contributed by atoms with van der Waals surface area (Å²) in [5, 5.41) is 0.756. The first-order valence-corrected chi connectivity index (χ1v) is 7.28. The van der Waals surface area contributed by atoms with E-state index in [1.807, 2.05) is 18.2 Å². The number of aromatic nitrogens is 1. The molecule has 2 N–H and O–H groups in total. The standard InChI is InChI=1S/C15H16N2O2S/c1-2-19-15(18)12-8-14(17-9-13(12)16)20-10-11-6-4-3-5-7-11/h3-9H,2,10,16H2,1H3. The first-order valence-electron chi connectivity index (χ1n) is 6.30. The van der Waals surface area contributed by atoms with Gasteiger partial charge in [-0.15, -0.1) is 11.8 Å². The van der Waals surface area contributed by atoms with Crippen molar-refractivity contribution >= 4 is 23.4 Å². The van der Waals surface area contributed by atoms with Gasteiger partial charge in [0.2, 0.25) is 0 Å². The lowest BCUT2D eigenvalue weighted by Crippen LogP contribution is -2.08. The fourth-order valence-electron chi connectivity index (χ4n) is 1.64. The number of pyridine rings is 1. The third kappa shape index (κ3) is 3.74. The molecule has 2 rings (SSSR count). The van der Waals surface area contributed by atoms with Crippen molar-refractivity contribution < 1.29 is 9.53 Å². The van der Waals surface area contributed by atoms with Crippen molar-refractivity contribution in [2.75, 3.05) is 12.3 Å². The van der Waals surface area contributed by atoms with Crippen molar-refractivity contribution in [3.8, 4) is 0 Å². The Morgan fingerprint density at radius 3 is 2.80 bits per heavy atom. The molecule has 0 aliphatic heterocycles. The van der Waals surface area contributed by atoms with Crippen LogP contribution in [0.1, 0.15) is 22.8 Å². The Morgan fingerprint density at radius 2 is 2.10 bits per heavy atom. The molecule has 0 saturated carbocycles. The fraction of sp³-hybridized carbons (Fsp3) is 0.200. The molecule has 0 saturated heterocycles. The van der Waals surface area contributed by atoms with Crippen molar-refractivity contribution in [2.45, 2.75) is 17.7 Å². The van der Waals surface area contributed by atoms with Crippen LogP contribution in [0, 0.1) is 0 Å². The van der Waals surface area contributed by atoms with Gasteiger partial charge in [-0.1, -0.05) is 30.3 Å². The zero-order valence-corrected chi connectivity index (χ0v) is 12.0. The van der Waals surface area contributed by atoms with E-state index in [0.717, 1.165) is 10.8 Å². The van der Waals surface area contributed by atoms with Crippen LogP contribution in [0.2, 0.25) is 0 Å². The first kappa shape index (κ1) is 14.4. The minimum atomic E-state index is -0.408. The molecule has 0 unspecified atom stereocenters. The molecule has 0 amide bonds. The van der Waals surface area contributed by atoms with Crippen LogP contribution in [-0.4, -0.2) is 17.6 Å². The molecule has 20 heavy (non-hydrogen) atoms. The number of nitrogens with zero attached hydrogens (tertiary/aromatic N) is 1. The molecule has 0 radical (unpaired) electrons. The van der Waals surface area contributed by atoms with E-state index in [2.05, 4.69) is 17.1 Å². The Bertz CT molecular complexity index is 588. The van der Waals surface area contributed by atoms with Gasteiger partial charge < -0.3 is 10.5 Å². The molecule has 0 atom stereocenters. The third-order valence-corrected chi connectivity index (χ3v) is 3.63. The number of ether oxygens (including phenoxy) is 1. The molecule has 1 heterocycles. The van der Waals surface area contributed by atoms with Gasteiger partial charge in [-0.25, -0.2) is 9.78 Å². The van der Waals surface area contributed by atoms with Gasteiger partial charge in [0.15, 0.2) is 0 Å². The van der Waals surface area contributed by atoms with E-state index in [0.29, 0.717) is 17.9 Å². The van der Waals surface area contributed by atoms with Crippen LogP contribution < -0.4 is 5.73 Å². The van der Waals surface area contributed by atoms with Crippen molar-refractivity contribution in [1.82, 2.24) is 4.98 Å². The minimum absolute atomic E-state index is 0.326. The smallest absolute Gasteiger partial charge is 0.340 e. The highest BCUT2D eigenvalue weighted by molar-refractivity contribution is 7.98. The van der Waals surface area contributed by atoms with Gasteiger partial charge in [-0.2, -0.15) is 0 Å².